The summed E-state index contributed by atoms with van der Waals surface area (Å²) < 4.78 is 7.29. The van der Waals surface area contributed by atoms with E-state index in [9.17, 15) is 0 Å². The molecule has 20 heavy (non-hydrogen) atoms. The standard InChI is InChI=1S/C18H17IO/c1-12-4-6-13(7-5-12)16-11-18(2,3)20-17-9-8-14(19)10-15(16)17/h4-11H,1-3H3. The van der Waals surface area contributed by atoms with Gasteiger partial charge >= 0.3 is 0 Å². The Morgan fingerprint density at radius 2 is 1.70 bits per heavy atom. The second-order valence-electron chi connectivity index (χ2n) is 5.77. The van der Waals surface area contributed by atoms with Crippen LogP contribution in [-0.4, -0.2) is 5.60 Å². The normalized spacial score (nSPS) is 16.1. The van der Waals surface area contributed by atoms with Crippen molar-refractivity contribution in [3.63, 3.8) is 0 Å². The number of fused-ring (bicyclic) bond motifs is 1. The average molecular weight is 376 g/mol. The number of hydrogen-bond acceptors (Lipinski definition) is 1. The third kappa shape index (κ3) is 2.62. The molecule has 0 aromatic heterocycles. The first-order valence-electron chi connectivity index (χ1n) is 6.73. The minimum atomic E-state index is -0.278. The molecule has 0 aliphatic carbocycles. The summed E-state index contributed by atoms with van der Waals surface area (Å²) in [5.41, 5.74) is 4.69. The van der Waals surface area contributed by atoms with Gasteiger partial charge in [-0.15, -0.1) is 0 Å². The van der Waals surface area contributed by atoms with Crippen LogP contribution in [0.25, 0.3) is 5.57 Å². The summed E-state index contributed by atoms with van der Waals surface area (Å²) in [6.07, 6.45) is 2.22. The van der Waals surface area contributed by atoms with E-state index in [0.717, 1.165) is 5.75 Å². The van der Waals surface area contributed by atoms with E-state index in [0.29, 0.717) is 0 Å². The van der Waals surface area contributed by atoms with Crippen LogP contribution in [0.15, 0.2) is 48.5 Å². The van der Waals surface area contributed by atoms with E-state index in [2.05, 4.69) is 91.9 Å². The summed E-state index contributed by atoms with van der Waals surface area (Å²) in [5, 5.41) is 0. The Bertz CT molecular complexity index is 681. The largest absolute Gasteiger partial charge is 0.483 e. The van der Waals surface area contributed by atoms with E-state index in [1.807, 2.05) is 0 Å². The molecule has 2 aromatic rings. The number of hydrogen-bond donors (Lipinski definition) is 0. The molecule has 1 nitrogen and oxygen atoms in total. The highest BCUT2D eigenvalue weighted by molar-refractivity contribution is 14.1. The third-order valence-electron chi connectivity index (χ3n) is 3.46. The Balaban J connectivity index is 2.19. The SMILES string of the molecule is Cc1ccc(C2=CC(C)(C)Oc3ccc(I)cc32)cc1. The molecule has 0 atom stereocenters. The maximum Gasteiger partial charge on any atom is 0.128 e. The second-order valence-corrected chi connectivity index (χ2v) is 7.02. The van der Waals surface area contributed by atoms with Gasteiger partial charge in [0.1, 0.15) is 11.4 Å². The molecule has 0 unspecified atom stereocenters. The molecule has 0 fully saturated rings. The lowest BCUT2D eigenvalue weighted by Gasteiger charge is -2.31. The van der Waals surface area contributed by atoms with Gasteiger partial charge in [-0.3, -0.25) is 0 Å². The topological polar surface area (TPSA) is 9.23 Å². The summed E-state index contributed by atoms with van der Waals surface area (Å²) in [7, 11) is 0. The molecule has 0 N–H and O–H groups in total. The van der Waals surface area contributed by atoms with Gasteiger partial charge in [0.2, 0.25) is 0 Å². The highest BCUT2D eigenvalue weighted by atomic mass is 127. The van der Waals surface area contributed by atoms with Crippen LogP contribution in [0.1, 0.15) is 30.5 Å². The zero-order valence-corrected chi connectivity index (χ0v) is 14.1. The van der Waals surface area contributed by atoms with Crippen molar-refractivity contribution in [3.05, 3.63) is 68.8 Å². The first kappa shape index (κ1) is 13.7. The summed E-state index contributed by atoms with van der Waals surface area (Å²) in [6.45, 7) is 6.31. The zero-order chi connectivity index (χ0) is 14.3. The lowest BCUT2D eigenvalue weighted by molar-refractivity contribution is 0.158. The van der Waals surface area contributed by atoms with Crippen LogP contribution in [0.5, 0.6) is 5.75 Å². The van der Waals surface area contributed by atoms with Gasteiger partial charge in [0.05, 0.1) is 0 Å². The van der Waals surface area contributed by atoms with Crippen molar-refractivity contribution in [1.82, 2.24) is 0 Å². The molecule has 0 radical (unpaired) electrons. The molecule has 0 saturated heterocycles. The van der Waals surface area contributed by atoms with Crippen LogP contribution in [0.3, 0.4) is 0 Å². The van der Waals surface area contributed by atoms with Crippen LogP contribution in [0.2, 0.25) is 0 Å². The van der Waals surface area contributed by atoms with Crippen molar-refractivity contribution in [2.75, 3.05) is 0 Å². The summed E-state index contributed by atoms with van der Waals surface area (Å²) >= 11 is 2.35. The molecule has 1 aliphatic heterocycles. The predicted molar refractivity (Wildman–Crippen MR) is 92.1 cm³/mol. The Labute approximate surface area is 133 Å². The minimum absolute atomic E-state index is 0.278. The van der Waals surface area contributed by atoms with E-state index in [4.69, 9.17) is 4.74 Å². The monoisotopic (exact) mass is 376 g/mol. The van der Waals surface area contributed by atoms with Crippen LogP contribution in [0.4, 0.5) is 0 Å². The molecule has 2 heteroatoms. The first-order valence-corrected chi connectivity index (χ1v) is 7.81. The quantitative estimate of drug-likeness (QED) is 0.622. The fourth-order valence-corrected chi connectivity index (χ4v) is 3.00. The van der Waals surface area contributed by atoms with Gasteiger partial charge in [-0.05, 0) is 78.8 Å². The Morgan fingerprint density at radius 3 is 2.40 bits per heavy atom. The van der Waals surface area contributed by atoms with Gasteiger partial charge < -0.3 is 4.74 Å². The highest BCUT2D eigenvalue weighted by Gasteiger charge is 2.27. The summed E-state index contributed by atoms with van der Waals surface area (Å²) in [5.74, 6) is 0.966. The lowest BCUT2D eigenvalue weighted by Crippen LogP contribution is -2.29. The smallest absolute Gasteiger partial charge is 0.128 e. The fraction of sp³-hybridized carbons (Fsp3) is 0.222. The molecule has 0 spiro atoms. The molecule has 3 rings (SSSR count). The van der Waals surface area contributed by atoms with Crippen molar-refractivity contribution in [2.45, 2.75) is 26.4 Å². The lowest BCUT2D eigenvalue weighted by atomic mass is 9.90. The van der Waals surface area contributed by atoms with Gasteiger partial charge in [0.25, 0.3) is 0 Å². The van der Waals surface area contributed by atoms with Crippen LogP contribution in [0, 0.1) is 10.5 Å². The number of halogens is 1. The molecule has 2 aromatic carbocycles. The van der Waals surface area contributed by atoms with Gasteiger partial charge in [-0.2, -0.15) is 0 Å². The van der Waals surface area contributed by atoms with Crippen molar-refractivity contribution in [2.24, 2.45) is 0 Å². The maximum absolute atomic E-state index is 6.07. The number of aryl methyl sites for hydroxylation is 1. The van der Waals surface area contributed by atoms with Crippen LogP contribution in [-0.2, 0) is 0 Å². The van der Waals surface area contributed by atoms with Crippen molar-refractivity contribution >= 4 is 28.2 Å². The van der Waals surface area contributed by atoms with Crippen molar-refractivity contribution in [3.8, 4) is 5.75 Å². The molecule has 1 aliphatic rings. The van der Waals surface area contributed by atoms with E-state index < -0.39 is 0 Å². The van der Waals surface area contributed by atoms with Gasteiger partial charge in [0, 0.05) is 9.13 Å². The van der Waals surface area contributed by atoms with E-state index >= 15 is 0 Å². The van der Waals surface area contributed by atoms with Gasteiger partial charge in [-0.25, -0.2) is 0 Å². The van der Waals surface area contributed by atoms with Crippen LogP contribution >= 0.6 is 22.6 Å². The molecule has 0 bridgehead atoms. The summed E-state index contributed by atoms with van der Waals surface area (Å²) in [6, 6.07) is 15.0. The highest BCUT2D eigenvalue weighted by Crippen LogP contribution is 2.40. The maximum atomic E-state index is 6.07. The first-order chi connectivity index (χ1) is 9.44. The Hall–Kier alpha value is -1.29. The number of ether oxygens (including phenoxy) is 1. The van der Waals surface area contributed by atoms with E-state index in [-0.39, 0.29) is 5.60 Å². The predicted octanol–water partition coefficient (Wildman–Crippen LogP) is 5.20. The summed E-state index contributed by atoms with van der Waals surface area (Å²) in [4.78, 5) is 0. The Kier molecular flexibility index (Phi) is 3.36. The Morgan fingerprint density at radius 1 is 1.00 bits per heavy atom. The molecular formula is C18H17IO. The van der Waals surface area contributed by atoms with Gasteiger partial charge in [0.15, 0.2) is 0 Å². The molecule has 1 heterocycles. The average Bonchev–Trinajstić information content (AvgIpc) is 2.39. The fourth-order valence-electron chi connectivity index (χ4n) is 2.51. The van der Waals surface area contributed by atoms with Gasteiger partial charge in [-0.1, -0.05) is 29.8 Å². The van der Waals surface area contributed by atoms with Crippen LogP contribution < -0.4 is 4.74 Å². The molecule has 102 valence electrons. The van der Waals surface area contributed by atoms with E-state index in [1.54, 1.807) is 0 Å². The number of benzene rings is 2. The minimum Gasteiger partial charge on any atom is -0.483 e. The molecular weight excluding hydrogens is 359 g/mol. The van der Waals surface area contributed by atoms with E-state index in [1.165, 1.54) is 25.8 Å². The molecule has 0 amide bonds. The second kappa shape index (κ2) is 4.92. The van der Waals surface area contributed by atoms with Crippen molar-refractivity contribution in [1.29, 1.82) is 0 Å². The van der Waals surface area contributed by atoms with Crippen molar-refractivity contribution < 1.29 is 4.74 Å². The molecule has 0 saturated carbocycles. The zero-order valence-electron chi connectivity index (χ0n) is 11.9. The third-order valence-corrected chi connectivity index (χ3v) is 4.13. The number of rotatable bonds is 1.